The summed E-state index contributed by atoms with van der Waals surface area (Å²) in [6.45, 7) is 1.76. The summed E-state index contributed by atoms with van der Waals surface area (Å²) in [5.74, 6) is -0.708. The smallest absolute Gasteiger partial charge is 0.275 e. The molecule has 0 saturated carbocycles. The molecule has 0 bridgehead atoms. The zero-order valence-corrected chi connectivity index (χ0v) is 14.0. The van der Waals surface area contributed by atoms with E-state index in [1.807, 2.05) is 0 Å². The standard InChI is InChI=1S/C18H18N4O4/c23-17-6-2-1-5-15(17)18(24)20-19-12-13-11-14(22(25)26)7-8-16(13)21-9-3-4-10-21/h1-2,5-8,11-12,23H,3-4,9-10H2,(H,20,24)/b19-12+. The SMILES string of the molecule is O=C(N/N=C/c1cc([N+](=O)[O-])ccc1N1CCCC1)c1ccccc1O. The maximum atomic E-state index is 12.1. The lowest BCUT2D eigenvalue weighted by atomic mass is 10.1. The van der Waals surface area contributed by atoms with Crippen LogP contribution in [0.15, 0.2) is 47.6 Å². The van der Waals surface area contributed by atoms with Crippen molar-refractivity contribution in [2.45, 2.75) is 12.8 Å². The Morgan fingerprint density at radius 2 is 1.96 bits per heavy atom. The first-order valence-electron chi connectivity index (χ1n) is 8.21. The van der Waals surface area contributed by atoms with Crippen molar-refractivity contribution >= 4 is 23.5 Å². The van der Waals surface area contributed by atoms with Gasteiger partial charge < -0.3 is 10.0 Å². The maximum absolute atomic E-state index is 12.1. The Morgan fingerprint density at radius 1 is 1.23 bits per heavy atom. The van der Waals surface area contributed by atoms with Crippen LogP contribution in [0.25, 0.3) is 0 Å². The predicted octanol–water partition coefficient (Wildman–Crippen LogP) is 2.66. The van der Waals surface area contributed by atoms with Crippen molar-refractivity contribution in [1.82, 2.24) is 5.43 Å². The van der Waals surface area contributed by atoms with E-state index in [1.54, 1.807) is 18.2 Å². The minimum Gasteiger partial charge on any atom is -0.507 e. The number of hydrogen-bond donors (Lipinski definition) is 2. The zero-order chi connectivity index (χ0) is 18.5. The van der Waals surface area contributed by atoms with Crippen LogP contribution in [-0.2, 0) is 0 Å². The molecule has 1 aliphatic rings. The van der Waals surface area contributed by atoms with Crippen molar-refractivity contribution < 1.29 is 14.8 Å². The fraction of sp³-hybridized carbons (Fsp3) is 0.222. The van der Waals surface area contributed by atoms with Crippen molar-refractivity contribution in [2.24, 2.45) is 5.10 Å². The molecule has 0 radical (unpaired) electrons. The van der Waals surface area contributed by atoms with E-state index < -0.39 is 10.8 Å². The van der Waals surface area contributed by atoms with Gasteiger partial charge in [-0.2, -0.15) is 5.10 Å². The monoisotopic (exact) mass is 354 g/mol. The number of nitro groups is 1. The molecule has 8 nitrogen and oxygen atoms in total. The second-order valence-electron chi connectivity index (χ2n) is 5.91. The average Bonchev–Trinajstić information content (AvgIpc) is 3.16. The van der Waals surface area contributed by atoms with E-state index in [-0.39, 0.29) is 17.0 Å². The van der Waals surface area contributed by atoms with E-state index in [4.69, 9.17) is 0 Å². The summed E-state index contributed by atoms with van der Waals surface area (Å²) in [6.07, 6.45) is 3.52. The van der Waals surface area contributed by atoms with Crippen molar-refractivity contribution in [3.05, 3.63) is 63.7 Å². The molecule has 8 heteroatoms. The van der Waals surface area contributed by atoms with Crippen molar-refractivity contribution in [2.75, 3.05) is 18.0 Å². The Kier molecular flexibility index (Phi) is 5.12. The number of non-ortho nitro benzene ring substituents is 1. The van der Waals surface area contributed by atoms with E-state index in [1.165, 1.54) is 30.5 Å². The quantitative estimate of drug-likeness (QED) is 0.487. The van der Waals surface area contributed by atoms with E-state index >= 15 is 0 Å². The molecule has 1 saturated heterocycles. The van der Waals surface area contributed by atoms with Gasteiger partial charge in [0.05, 0.1) is 16.7 Å². The van der Waals surface area contributed by atoms with E-state index in [0.717, 1.165) is 31.6 Å². The Balaban J connectivity index is 1.81. The third-order valence-electron chi connectivity index (χ3n) is 4.19. The van der Waals surface area contributed by atoms with Crippen LogP contribution in [-0.4, -0.2) is 35.2 Å². The number of benzene rings is 2. The predicted molar refractivity (Wildman–Crippen MR) is 97.7 cm³/mol. The lowest BCUT2D eigenvalue weighted by Crippen LogP contribution is -2.20. The molecule has 1 aliphatic heterocycles. The van der Waals surface area contributed by atoms with Crippen LogP contribution in [0, 0.1) is 10.1 Å². The number of nitrogens with zero attached hydrogens (tertiary/aromatic N) is 3. The minimum atomic E-state index is -0.562. The van der Waals surface area contributed by atoms with Crippen LogP contribution in [0.3, 0.4) is 0 Å². The largest absolute Gasteiger partial charge is 0.507 e. The first kappa shape index (κ1) is 17.4. The summed E-state index contributed by atoms with van der Waals surface area (Å²) in [5.41, 5.74) is 3.79. The molecule has 0 aliphatic carbocycles. The number of nitrogens with one attached hydrogen (secondary N) is 1. The molecule has 0 aromatic heterocycles. The number of phenols is 1. The van der Waals surface area contributed by atoms with Gasteiger partial charge in [-0.1, -0.05) is 12.1 Å². The number of hydrogen-bond acceptors (Lipinski definition) is 6. The molecule has 2 aromatic carbocycles. The van der Waals surface area contributed by atoms with E-state index in [9.17, 15) is 20.0 Å². The summed E-state index contributed by atoms with van der Waals surface area (Å²) in [6, 6.07) is 10.7. The molecule has 0 atom stereocenters. The number of anilines is 1. The number of carbonyl (C=O) groups excluding carboxylic acids is 1. The topological polar surface area (TPSA) is 108 Å². The Hall–Kier alpha value is -3.42. The van der Waals surface area contributed by atoms with Gasteiger partial charge in [-0.15, -0.1) is 0 Å². The summed E-state index contributed by atoms with van der Waals surface area (Å²) >= 11 is 0. The normalized spacial score (nSPS) is 13.9. The molecular weight excluding hydrogens is 336 g/mol. The molecule has 134 valence electrons. The number of aromatic hydroxyl groups is 1. The minimum absolute atomic E-state index is 0.0403. The molecule has 3 rings (SSSR count). The summed E-state index contributed by atoms with van der Waals surface area (Å²) in [5, 5.41) is 24.6. The highest BCUT2D eigenvalue weighted by Crippen LogP contribution is 2.27. The van der Waals surface area contributed by atoms with Crippen LogP contribution >= 0.6 is 0 Å². The third-order valence-corrected chi connectivity index (χ3v) is 4.19. The zero-order valence-electron chi connectivity index (χ0n) is 14.0. The molecule has 2 aromatic rings. The fourth-order valence-electron chi connectivity index (χ4n) is 2.89. The van der Waals surface area contributed by atoms with Gasteiger partial charge in [0.15, 0.2) is 0 Å². The summed E-state index contributed by atoms with van der Waals surface area (Å²) < 4.78 is 0. The van der Waals surface area contributed by atoms with Crippen molar-refractivity contribution in [3.63, 3.8) is 0 Å². The summed E-state index contributed by atoms with van der Waals surface area (Å²) in [4.78, 5) is 24.8. The highest BCUT2D eigenvalue weighted by Gasteiger charge is 2.18. The lowest BCUT2D eigenvalue weighted by molar-refractivity contribution is -0.384. The van der Waals surface area contributed by atoms with Gasteiger partial charge in [0.1, 0.15) is 5.75 Å². The number of rotatable bonds is 5. The molecule has 1 heterocycles. The third kappa shape index (κ3) is 3.80. The van der Waals surface area contributed by atoms with Crippen LogP contribution < -0.4 is 10.3 Å². The lowest BCUT2D eigenvalue weighted by Gasteiger charge is -2.19. The Bertz CT molecular complexity index is 860. The van der Waals surface area contributed by atoms with Crippen LogP contribution in [0.5, 0.6) is 5.75 Å². The van der Waals surface area contributed by atoms with Gasteiger partial charge in [0, 0.05) is 36.5 Å². The molecule has 1 amide bonds. The van der Waals surface area contributed by atoms with Gasteiger partial charge in [-0.25, -0.2) is 5.43 Å². The first-order valence-corrected chi connectivity index (χ1v) is 8.21. The highest BCUT2D eigenvalue weighted by atomic mass is 16.6. The Labute approximate surface area is 149 Å². The summed E-state index contributed by atoms with van der Waals surface area (Å²) in [7, 11) is 0. The van der Waals surface area contributed by atoms with E-state index in [2.05, 4.69) is 15.4 Å². The van der Waals surface area contributed by atoms with Crippen LogP contribution in [0.1, 0.15) is 28.8 Å². The molecule has 1 fully saturated rings. The highest BCUT2D eigenvalue weighted by molar-refractivity contribution is 5.97. The number of nitro benzene ring substituents is 1. The average molecular weight is 354 g/mol. The number of phenolic OH excluding ortho intramolecular Hbond substituents is 1. The van der Waals surface area contributed by atoms with Gasteiger partial charge in [0.25, 0.3) is 11.6 Å². The second kappa shape index (κ2) is 7.64. The van der Waals surface area contributed by atoms with Gasteiger partial charge >= 0.3 is 0 Å². The van der Waals surface area contributed by atoms with Crippen molar-refractivity contribution in [3.8, 4) is 5.75 Å². The number of carbonyl (C=O) groups is 1. The van der Waals surface area contributed by atoms with E-state index in [0.29, 0.717) is 5.56 Å². The van der Waals surface area contributed by atoms with Gasteiger partial charge in [-0.05, 0) is 31.0 Å². The fourth-order valence-corrected chi connectivity index (χ4v) is 2.89. The maximum Gasteiger partial charge on any atom is 0.275 e. The second-order valence-corrected chi connectivity index (χ2v) is 5.91. The van der Waals surface area contributed by atoms with Gasteiger partial charge in [0.2, 0.25) is 0 Å². The number of hydrazone groups is 1. The molecule has 0 spiro atoms. The van der Waals surface area contributed by atoms with Crippen LogP contribution in [0.2, 0.25) is 0 Å². The number of para-hydroxylation sites is 1. The number of amides is 1. The molecule has 0 unspecified atom stereocenters. The molecule has 2 N–H and O–H groups in total. The Morgan fingerprint density at radius 3 is 2.65 bits per heavy atom. The van der Waals surface area contributed by atoms with Gasteiger partial charge in [-0.3, -0.25) is 14.9 Å². The molecular formula is C18H18N4O4. The van der Waals surface area contributed by atoms with Crippen molar-refractivity contribution in [1.29, 1.82) is 0 Å². The first-order chi connectivity index (χ1) is 12.6. The molecule has 26 heavy (non-hydrogen) atoms. The van der Waals surface area contributed by atoms with Crippen LogP contribution in [0.4, 0.5) is 11.4 Å².